The number of imidazole rings is 1. The average molecular weight is 812 g/mol. The van der Waals surface area contributed by atoms with Crippen LogP contribution >= 0.6 is 0 Å². The van der Waals surface area contributed by atoms with E-state index in [9.17, 15) is 0 Å². The Balaban J connectivity index is 1.56. The molecule has 5 aromatic rings. The van der Waals surface area contributed by atoms with Gasteiger partial charge in [-0.25, -0.2) is 15.0 Å². The van der Waals surface area contributed by atoms with E-state index in [1.807, 2.05) is 47.0 Å². The molecule has 0 saturated carbocycles. The van der Waals surface area contributed by atoms with Crippen molar-refractivity contribution in [2.45, 2.75) is 108 Å². The topological polar surface area (TPSA) is 125 Å². The van der Waals surface area contributed by atoms with Gasteiger partial charge in [-0.1, -0.05) is 96.1 Å². The summed E-state index contributed by atoms with van der Waals surface area (Å²) in [7, 11) is -1.40. The summed E-state index contributed by atoms with van der Waals surface area (Å²) in [4.78, 5) is 13.4. The normalized spacial score (nSPS) is 19.6. The van der Waals surface area contributed by atoms with Gasteiger partial charge in [0.1, 0.15) is 40.8 Å². The molecule has 2 aromatic heterocycles. The van der Waals surface area contributed by atoms with Crippen LogP contribution in [-0.2, 0) is 23.9 Å². The van der Waals surface area contributed by atoms with Gasteiger partial charge in [0.15, 0.2) is 28.1 Å². The zero-order valence-electron chi connectivity index (χ0n) is 35.8. The second-order valence-electron chi connectivity index (χ2n) is 18.2. The largest absolute Gasteiger partial charge is 0.497 e. The number of nitrogen functional groups attached to an aromatic ring is 1. The Morgan fingerprint density at radius 1 is 0.737 bits per heavy atom. The zero-order valence-corrected chi connectivity index (χ0v) is 37.8. The van der Waals surface area contributed by atoms with E-state index in [0.717, 1.165) is 28.2 Å². The average Bonchev–Trinajstić information content (AvgIpc) is 3.76. The molecule has 0 unspecified atom stereocenters. The number of anilines is 1. The molecule has 57 heavy (non-hydrogen) atoms. The van der Waals surface area contributed by atoms with Gasteiger partial charge in [-0.3, -0.25) is 4.57 Å². The molecule has 1 aliphatic heterocycles. The van der Waals surface area contributed by atoms with E-state index in [2.05, 4.69) is 119 Å². The predicted molar refractivity (Wildman–Crippen MR) is 231 cm³/mol. The van der Waals surface area contributed by atoms with Crippen LogP contribution in [0.3, 0.4) is 0 Å². The first-order valence-corrected chi connectivity index (χ1v) is 25.5. The van der Waals surface area contributed by atoms with Gasteiger partial charge in [0.25, 0.3) is 0 Å². The third-order valence-electron chi connectivity index (χ3n) is 12.5. The maximum Gasteiger partial charge on any atom is 0.192 e. The number of hydrogen-bond donors (Lipinski definition) is 1. The molecular formula is C44H61N5O6Si2. The van der Waals surface area contributed by atoms with Gasteiger partial charge in [-0.15, -0.1) is 0 Å². The third-order valence-corrected chi connectivity index (χ3v) is 21.5. The van der Waals surface area contributed by atoms with Crippen LogP contribution in [-0.4, -0.2) is 75.3 Å². The van der Waals surface area contributed by atoms with Crippen molar-refractivity contribution in [3.63, 3.8) is 0 Å². The highest BCUT2D eigenvalue weighted by Crippen LogP contribution is 2.49. The number of benzene rings is 3. The number of aromatic nitrogens is 4. The molecule has 11 nitrogen and oxygen atoms in total. The Hall–Kier alpha value is -4.12. The van der Waals surface area contributed by atoms with E-state index in [1.165, 1.54) is 6.33 Å². The monoisotopic (exact) mass is 811 g/mol. The number of rotatable bonds is 14. The minimum Gasteiger partial charge on any atom is -0.497 e. The van der Waals surface area contributed by atoms with E-state index in [4.69, 9.17) is 33.5 Å². The van der Waals surface area contributed by atoms with E-state index in [1.54, 1.807) is 20.5 Å². The third kappa shape index (κ3) is 8.28. The molecule has 0 radical (unpaired) electrons. The highest BCUT2D eigenvalue weighted by molar-refractivity contribution is 6.74. The molecule has 3 aromatic carbocycles. The van der Waals surface area contributed by atoms with Crippen molar-refractivity contribution in [1.29, 1.82) is 0 Å². The smallest absolute Gasteiger partial charge is 0.192 e. The first kappa shape index (κ1) is 42.5. The lowest BCUT2D eigenvalue weighted by Gasteiger charge is -2.46. The molecule has 1 saturated heterocycles. The number of fused-ring (bicyclic) bond motifs is 1. The number of hydrogen-bond acceptors (Lipinski definition) is 10. The minimum absolute atomic E-state index is 0.0577. The molecule has 0 aliphatic carbocycles. The van der Waals surface area contributed by atoms with Crippen molar-refractivity contribution >= 4 is 33.6 Å². The number of nitrogens with zero attached hydrogens (tertiary/aromatic N) is 4. The van der Waals surface area contributed by atoms with Crippen LogP contribution in [0.5, 0.6) is 11.5 Å². The summed E-state index contributed by atoms with van der Waals surface area (Å²) in [5, 5.41) is -0.140. The van der Waals surface area contributed by atoms with Crippen molar-refractivity contribution in [2.24, 2.45) is 0 Å². The van der Waals surface area contributed by atoms with Gasteiger partial charge in [-0.2, -0.15) is 0 Å². The highest BCUT2D eigenvalue weighted by atomic mass is 28.4. The molecule has 1 aliphatic rings. The van der Waals surface area contributed by atoms with Crippen LogP contribution in [0.1, 0.15) is 70.9 Å². The zero-order chi connectivity index (χ0) is 41.4. The van der Waals surface area contributed by atoms with Crippen LogP contribution in [0.25, 0.3) is 11.2 Å². The van der Waals surface area contributed by atoms with Crippen molar-refractivity contribution in [3.05, 3.63) is 108 Å². The minimum atomic E-state index is -2.41. The van der Waals surface area contributed by atoms with Gasteiger partial charge in [-0.05, 0) is 77.2 Å². The molecule has 3 atom stereocenters. The number of ether oxygens (including phenoxy) is 4. The molecule has 0 bridgehead atoms. The van der Waals surface area contributed by atoms with Crippen LogP contribution in [0, 0.1) is 0 Å². The summed E-state index contributed by atoms with van der Waals surface area (Å²) in [6.45, 7) is 23.0. The summed E-state index contributed by atoms with van der Waals surface area (Å²) < 4.78 is 43.0. The second-order valence-corrected chi connectivity index (χ2v) is 27.7. The fourth-order valence-corrected chi connectivity index (χ4v) is 9.27. The maximum atomic E-state index is 7.67. The van der Waals surface area contributed by atoms with Crippen molar-refractivity contribution in [3.8, 4) is 11.5 Å². The number of methoxy groups -OCH3 is 2. The van der Waals surface area contributed by atoms with Gasteiger partial charge < -0.3 is 33.5 Å². The van der Waals surface area contributed by atoms with Crippen LogP contribution in [0.4, 0.5) is 5.82 Å². The fourth-order valence-electron chi connectivity index (χ4n) is 6.85. The molecule has 3 heterocycles. The SMILES string of the molecule is COc1ccc(C(OC[C@]2(CO[Si](C)(C)C(C)(C)C)O[C@@H](n3cnc4c(N)ncnc43)C[C@@H]2O[Si](C)(C)C(C)(C)C)(c2ccccc2)c2ccc(OC)cc2)cc1. The van der Waals surface area contributed by atoms with Gasteiger partial charge >= 0.3 is 0 Å². The Morgan fingerprint density at radius 2 is 1.28 bits per heavy atom. The quantitative estimate of drug-likeness (QED) is 0.0857. The van der Waals surface area contributed by atoms with E-state index >= 15 is 0 Å². The summed E-state index contributed by atoms with van der Waals surface area (Å²) in [6.07, 6.45) is 2.76. The molecule has 306 valence electrons. The Kier molecular flexibility index (Phi) is 11.9. The van der Waals surface area contributed by atoms with Crippen LogP contribution in [0.15, 0.2) is 91.5 Å². The Bertz CT molecular complexity index is 2070. The molecule has 2 N–H and O–H groups in total. The fraction of sp³-hybridized carbons (Fsp3) is 0.477. The lowest BCUT2D eigenvalue weighted by molar-refractivity contribution is -0.172. The lowest BCUT2D eigenvalue weighted by atomic mass is 9.79. The Morgan fingerprint density at radius 3 is 1.81 bits per heavy atom. The van der Waals surface area contributed by atoms with Crippen LogP contribution < -0.4 is 15.2 Å². The van der Waals surface area contributed by atoms with Crippen molar-refractivity contribution in [2.75, 3.05) is 33.2 Å². The standard InChI is InChI=1S/C44H61N5O6Si2/c1-41(2,3)56(9,10)53-28-43(36(55-57(11,12)42(4,5)6)26-37(54-43)49-30-48-38-39(45)46-29-47-40(38)49)27-52-44(31-16-14-13-15-17-31,32-18-22-34(50-7)23-19-32)33-20-24-35(51-8)25-21-33/h13-25,29-30,36-37H,26-28H2,1-12H3,(H2,45,46,47)/t36-,37+,43+/m0/s1. The number of nitrogens with two attached hydrogens (primary N) is 1. The summed E-state index contributed by atoms with van der Waals surface area (Å²) in [6, 6.07) is 26.5. The summed E-state index contributed by atoms with van der Waals surface area (Å²) >= 11 is 0. The Labute approximate surface area is 340 Å². The van der Waals surface area contributed by atoms with Gasteiger partial charge in [0.05, 0.1) is 39.9 Å². The first-order chi connectivity index (χ1) is 26.8. The molecule has 6 rings (SSSR count). The molecular weight excluding hydrogens is 751 g/mol. The lowest BCUT2D eigenvalue weighted by Crippen LogP contribution is -2.57. The summed E-state index contributed by atoms with van der Waals surface area (Å²) in [5.74, 6) is 1.81. The molecule has 1 fully saturated rings. The molecule has 13 heteroatoms. The van der Waals surface area contributed by atoms with Gasteiger partial charge in [0, 0.05) is 6.42 Å². The second kappa shape index (κ2) is 15.9. The van der Waals surface area contributed by atoms with E-state index in [-0.39, 0.29) is 23.3 Å². The summed E-state index contributed by atoms with van der Waals surface area (Å²) in [5.41, 5.74) is 8.00. The van der Waals surface area contributed by atoms with Crippen LogP contribution in [0.2, 0.25) is 36.3 Å². The highest BCUT2D eigenvalue weighted by Gasteiger charge is 2.57. The molecule has 0 spiro atoms. The van der Waals surface area contributed by atoms with E-state index < -0.39 is 40.2 Å². The van der Waals surface area contributed by atoms with Crippen molar-refractivity contribution in [1.82, 2.24) is 19.5 Å². The van der Waals surface area contributed by atoms with Crippen molar-refractivity contribution < 1.29 is 27.8 Å². The maximum absolute atomic E-state index is 7.67. The van der Waals surface area contributed by atoms with Gasteiger partial charge in [0.2, 0.25) is 0 Å². The van der Waals surface area contributed by atoms with E-state index in [0.29, 0.717) is 23.4 Å². The first-order valence-electron chi connectivity index (χ1n) is 19.7. The predicted octanol–water partition coefficient (Wildman–Crippen LogP) is 9.50. The molecule has 0 amide bonds.